The molecule has 0 bridgehead atoms. The van der Waals surface area contributed by atoms with Crippen molar-refractivity contribution in [2.24, 2.45) is 0 Å². The highest BCUT2D eigenvalue weighted by atomic mass is 16.5. The Morgan fingerprint density at radius 2 is 1.71 bits per heavy atom. The van der Waals surface area contributed by atoms with E-state index in [0.29, 0.717) is 37.0 Å². The summed E-state index contributed by atoms with van der Waals surface area (Å²) in [6.07, 6.45) is 2.96. The van der Waals surface area contributed by atoms with E-state index in [9.17, 15) is 4.79 Å². The van der Waals surface area contributed by atoms with Crippen LogP contribution in [0.2, 0.25) is 0 Å². The maximum atomic E-state index is 12.3. The summed E-state index contributed by atoms with van der Waals surface area (Å²) in [6, 6.07) is 17.2. The molecule has 2 aromatic carbocycles. The van der Waals surface area contributed by atoms with E-state index in [2.05, 4.69) is 20.6 Å². The first-order valence-corrected chi connectivity index (χ1v) is 8.87. The molecule has 0 aliphatic rings. The number of carbonyl (C=O) groups is 1. The number of rotatable bonds is 9. The number of hydrogen-bond acceptors (Lipinski definition) is 6. The van der Waals surface area contributed by atoms with Crippen molar-refractivity contribution >= 4 is 17.5 Å². The van der Waals surface area contributed by atoms with Crippen LogP contribution in [0, 0.1) is 0 Å². The lowest BCUT2D eigenvalue weighted by Gasteiger charge is -2.09. The molecule has 0 unspecified atom stereocenters. The van der Waals surface area contributed by atoms with E-state index in [1.54, 1.807) is 19.2 Å². The van der Waals surface area contributed by atoms with Gasteiger partial charge in [0.05, 0.1) is 12.2 Å². The van der Waals surface area contributed by atoms with Gasteiger partial charge >= 0.3 is 0 Å². The van der Waals surface area contributed by atoms with Crippen molar-refractivity contribution in [3.63, 3.8) is 0 Å². The maximum Gasteiger partial charge on any atom is 0.258 e. The van der Waals surface area contributed by atoms with Gasteiger partial charge in [0, 0.05) is 31.7 Å². The van der Waals surface area contributed by atoms with Gasteiger partial charge in [0.1, 0.15) is 12.4 Å². The highest BCUT2D eigenvalue weighted by molar-refractivity contribution is 6.03. The number of benzene rings is 2. The maximum absolute atomic E-state index is 12.3. The Morgan fingerprint density at radius 1 is 1.00 bits per heavy atom. The van der Waals surface area contributed by atoms with Crippen LogP contribution in [0.25, 0.3) is 0 Å². The standard InChI is InChI=1S/C21H22N4O3/c1-27-12-11-22-21-23-13-17(14-24-21)20(26)25-18-7-9-19(10-8-18)28-15-16-5-3-2-4-6-16/h2-10,13-14H,11-12,15H2,1H3,(H,25,26)(H,22,23,24). The first-order valence-electron chi connectivity index (χ1n) is 8.87. The Kier molecular flexibility index (Phi) is 6.92. The number of amides is 1. The number of nitrogens with one attached hydrogen (secondary N) is 2. The van der Waals surface area contributed by atoms with Gasteiger partial charge in [-0.2, -0.15) is 0 Å². The van der Waals surface area contributed by atoms with Gasteiger partial charge in [-0.15, -0.1) is 0 Å². The quantitative estimate of drug-likeness (QED) is 0.555. The van der Waals surface area contributed by atoms with Crippen LogP contribution >= 0.6 is 0 Å². The number of aromatic nitrogens is 2. The monoisotopic (exact) mass is 378 g/mol. The molecule has 0 aliphatic heterocycles. The highest BCUT2D eigenvalue weighted by Gasteiger charge is 2.08. The third-order valence-corrected chi connectivity index (χ3v) is 3.86. The van der Waals surface area contributed by atoms with Gasteiger partial charge in [-0.1, -0.05) is 30.3 Å². The predicted octanol–water partition coefficient (Wildman–Crippen LogP) is 3.37. The van der Waals surface area contributed by atoms with Crippen molar-refractivity contribution in [2.75, 3.05) is 30.9 Å². The van der Waals surface area contributed by atoms with Crippen molar-refractivity contribution in [2.45, 2.75) is 6.61 Å². The summed E-state index contributed by atoms with van der Waals surface area (Å²) in [7, 11) is 1.62. The van der Waals surface area contributed by atoms with Gasteiger partial charge in [0.2, 0.25) is 5.95 Å². The van der Waals surface area contributed by atoms with Crippen LogP contribution in [-0.2, 0) is 11.3 Å². The van der Waals surface area contributed by atoms with Crippen LogP contribution in [0.3, 0.4) is 0 Å². The highest BCUT2D eigenvalue weighted by Crippen LogP contribution is 2.17. The molecule has 0 aliphatic carbocycles. The summed E-state index contributed by atoms with van der Waals surface area (Å²) in [5.41, 5.74) is 2.14. The van der Waals surface area contributed by atoms with Crippen LogP contribution in [0.1, 0.15) is 15.9 Å². The molecule has 0 atom stereocenters. The van der Waals surface area contributed by atoms with Gasteiger partial charge in [0.15, 0.2) is 0 Å². The molecule has 7 heteroatoms. The zero-order valence-electron chi connectivity index (χ0n) is 15.6. The van der Waals surface area contributed by atoms with Crippen LogP contribution in [0.4, 0.5) is 11.6 Å². The fourth-order valence-corrected chi connectivity index (χ4v) is 2.38. The Hall–Kier alpha value is -3.45. The van der Waals surface area contributed by atoms with Gasteiger partial charge < -0.3 is 20.1 Å². The molecule has 0 radical (unpaired) electrons. The molecule has 3 rings (SSSR count). The van der Waals surface area contributed by atoms with Crippen molar-refractivity contribution in [3.8, 4) is 5.75 Å². The molecule has 1 aromatic heterocycles. The summed E-state index contributed by atoms with van der Waals surface area (Å²) in [5, 5.41) is 5.81. The number of carbonyl (C=O) groups excluding carboxylic acids is 1. The zero-order valence-corrected chi connectivity index (χ0v) is 15.6. The summed E-state index contributed by atoms with van der Waals surface area (Å²) in [4.78, 5) is 20.6. The second-order valence-corrected chi connectivity index (χ2v) is 5.97. The van der Waals surface area contributed by atoms with Gasteiger partial charge in [-0.05, 0) is 29.8 Å². The van der Waals surface area contributed by atoms with Crippen LogP contribution in [0.15, 0.2) is 67.0 Å². The van der Waals surface area contributed by atoms with E-state index in [4.69, 9.17) is 9.47 Å². The van der Waals surface area contributed by atoms with E-state index in [1.165, 1.54) is 12.4 Å². The summed E-state index contributed by atoms with van der Waals surface area (Å²) in [5.74, 6) is 0.909. The number of nitrogens with zero attached hydrogens (tertiary/aromatic N) is 2. The van der Waals surface area contributed by atoms with Gasteiger partial charge in [-0.25, -0.2) is 9.97 Å². The number of hydrogen-bond donors (Lipinski definition) is 2. The normalized spacial score (nSPS) is 10.3. The molecular formula is C21H22N4O3. The molecule has 0 saturated carbocycles. The molecular weight excluding hydrogens is 356 g/mol. The topological polar surface area (TPSA) is 85.4 Å². The van der Waals surface area contributed by atoms with Gasteiger partial charge in [0.25, 0.3) is 5.91 Å². The fraction of sp³-hybridized carbons (Fsp3) is 0.190. The van der Waals surface area contributed by atoms with Crippen LogP contribution < -0.4 is 15.4 Å². The molecule has 0 fully saturated rings. The zero-order chi connectivity index (χ0) is 19.6. The van der Waals surface area contributed by atoms with Crippen molar-refractivity contribution < 1.29 is 14.3 Å². The lowest BCUT2D eigenvalue weighted by Crippen LogP contribution is -2.14. The SMILES string of the molecule is COCCNc1ncc(C(=O)Nc2ccc(OCc3ccccc3)cc2)cn1. The molecule has 28 heavy (non-hydrogen) atoms. The molecule has 0 saturated heterocycles. The lowest BCUT2D eigenvalue weighted by atomic mass is 10.2. The molecule has 7 nitrogen and oxygen atoms in total. The minimum Gasteiger partial charge on any atom is -0.489 e. The second kappa shape index (κ2) is 10.0. The molecule has 2 N–H and O–H groups in total. The van der Waals surface area contributed by atoms with E-state index in [1.807, 2.05) is 42.5 Å². The molecule has 0 spiro atoms. The van der Waals surface area contributed by atoms with E-state index in [0.717, 1.165) is 11.3 Å². The van der Waals surface area contributed by atoms with E-state index >= 15 is 0 Å². The Labute approximate surface area is 163 Å². The Balaban J connectivity index is 1.51. The Morgan fingerprint density at radius 3 is 2.39 bits per heavy atom. The van der Waals surface area contributed by atoms with Crippen LogP contribution in [0.5, 0.6) is 5.75 Å². The number of anilines is 2. The first kappa shape index (κ1) is 19.3. The summed E-state index contributed by atoms with van der Waals surface area (Å²) >= 11 is 0. The smallest absolute Gasteiger partial charge is 0.258 e. The average Bonchev–Trinajstić information content (AvgIpc) is 2.75. The molecule has 3 aromatic rings. The fourth-order valence-electron chi connectivity index (χ4n) is 2.38. The second-order valence-electron chi connectivity index (χ2n) is 5.97. The average molecular weight is 378 g/mol. The number of ether oxygens (including phenoxy) is 2. The molecule has 144 valence electrons. The third kappa shape index (κ3) is 5.78. The largest absolute Gasteiger partial charge is 0.489 e. The Bertz CT molecular complexity index is 868. The van der Waals surface area contributed by atoms with Crippen molar-refractivity contribution in [1.29, 1.82) is 0 Å². The van der Waals surface area contributed by atoms with Gasteiger partial charge in [-0.3, -0.25) is 4.79 Å². The number of methoxy groups -OCH3 is 1. The minimum absolute atomic E-state index is 0.276. The van der Waals surface area contributed by atoms with E-state index < -0.39 is 0 Å². The third-order valence-electron chi connectivity index (χ3n) is 3.86. The summed E-state index contributed by atoms with van der Waals surface area (Å²) in [6.45, 7) is 1.64. The van der Waals surface area contributed by atoms with Crippen LogP contribution in [-0.4, -0.2) is 36.1 Å². The predicted molar refractivity (Wildman–Crippen MR) is 108 cm³/mol. The summed E-state index contributed by atoms with van der Waals surface area (Å²) < 4.78 is 10.7. The van der Waals surface area contributed by atoms with Crippen molar-refractivity contribution in [3.05, 3.63) is 78.1 Å². The molecule has 1 heterocycles. The van der Waals surface area contributed by atoms with E-state index in [-0.39, 0.29) is 5.91 Å². The molecule has 1 amide bonds. The first-order chi connectivity index (χ1) is 13.7. The lowest BCUT2D eigenvalue weighted by molar-refractivity contribution is 0.102. The minimum atomic E-state index is -0.276. The van der Waals surface area contributed by atoms with Crippen molar-refractivity contribution in [1.82, 2.24) is 9.97 Å².